The Hall–Kier alpha value is -3.41. The number of nitrogens with zero attached hydrogens (tertiary/aromatic N) is 4. The minimum absolute atomic E-state index is 0.0192. The number of hydrogen-bond acceptors (Lipinski definition) is 3. The molecule has 2 aliphatic rings. The molecule has 1 fully saturated rings. The number of pyridine rings is 1. The van der Waals surface area contributed by atoms with Crippen LogP contribution >= 0.6 is 11.6 Å². The third-order valence-electron chi connectivity index (χ3n) is 7.25. The average molecular weight is 483 g/mol. The van der Waals surface area contributed by atoms with Gasteiger partial charge in [-0.3, -0.25) is 19.6 Å². The lowest BCUT2D eigenvalue weighted by Crippen LogP contribution is -2.43. The van der Waals surface area contributed by atoms with Gasteiger partial charge < -0.3 is 4.57 Å². The molecule has 1 unspecified atom stereocenters. The van der Waals surface area contributed by atoms with E-state index in [1.54, 1.807) is 0 Å². The molecule has 0 spiro atoms. The molecule has 0 N–H and O–H groups in total. The molecule has 1 atom stereocenters. The van der Waals surface area contributed by atoms with Gasteiger partial charge in [-0.2, -0.15) is 0 Å². The molecule has 0 saturated carbocycles. The van der Waals surface area contributed by atoms with Crippen molar-refractivity contribution in [3.05, 3.63) is 94.9 Å². The molecule has 4 aromatic rings. The van der Waals surface area contributed by atoms with Gasteiger partial charge in [0.15, 0.2) is 0 Å². The summed E-state index contributed by atoms with van der Waals surface area (Å²) in [6, 6.07) is 18.4. The van der Waals surface area contributed by atoms with E-state index >= 15 is 0 Å². The molecule has 5 nitrogen and oxygen atoms in total. The molecule has 35 heavy (non-hydrogen) atoms. The van der Waals surface area contributed by atoms with Crippen molar-refractivity contribution in [2.24, 2.45) is 7.05 Å². The molecule has 2 aromatic carbocycles. The highest BCUT2D eigenvalue weighted by Crippen LogP contribution is 2.41. The highest BCUT2D eigenvalue weighted by atomic mass is 35.5. The van der Waals surface area contributed by atoms with Crippen molar-refractivity contribution < 1.29 is 4.79 Å². The summed E-state index contributed by atoms with van der Waals surface area (Å²) in [6.45, 7) is 1.47. The summed E-state index contributed by atoms with van der Waals surface area (Å²) in [5, 5.41) is 1.77. The first-order chi connectivity index (χ1) is 17.1. The number of fused-ring (bicyclic) bond motifs is 2. The van der Waals surface area contributed by atoms with Crippen LogP contribution in [-0.4, -0.2) is 33.6 Å². The number of likely N-dealkylation sites (tertiary alicyclic amines) is 1. The molecule has 6 heteroatoms. The summed E-state index contributed by atoms with van der Waals surface area (Å²) in [7, 11) is 2.04. The van der Waals surface area contributed by atoms with Gasteiger partial charge in [-0.15, -0.1) is 0 Å². The zero-order valence-corrected chi connectivity index (χ0v) is 20.4. The van der Waals surface area contributed by atoms with Crippen LogP contribution in [0.4, 0.5) is 5.69 Å². The molecule has 2 aliphatic heterocycles. The highest BCUT2D eigenvalue weighted by Gasteiger charge is 2.36. The number of anilines is 1. The van der Waals surface area contributed by atoms with Gasteiger partial charge in [0.1, 0.15) is 0 Å². The third kappa shape index (κ3) is 3.95. The van der Waals surface area contributed by atoms with Crippen LogP contribution in [0.1, 0.15) is 42.0 Å². The molecule has 4 heterocycles. The second kappa shape index (κ2) is 8.99. The monoisotopic (exact) mass is 482 g/mol. The topological polar surface area (TPSA) is 41.4 Å². The van der Waals surface area contributed by atoms with Crippen LogP contribution in [0.15, 0.2) is 73.2 Å². The second-order valence-electron chi connectivity index (χ2n) is 9.42. The number of aryl methyl sites for hydroxylation is 1. The Morgan fingerprint density at radius 2 is 2.00 bits per heavy atom. The number of aromatic nitrogens is 2. The predicted octanol–water partition coefficient (Wildman–Crippen LogP) is 6.30. The number of benzene rings is 2. The van der Waals surface area contributed by atoms with Crippen molar-refractivity contribution in [3.63, 3.8) is 0 Å². The van der Waals surface area contributed by atoms with Crippen LogP contribution in [0.5, 0.6) is 0 Å². The Morgan fingerprint density at radius 3 is 2.86 bits per heavy atom. The quantitative estimate of drug-likeness (QED) is 0.320. The average Bonchev–Trinajstić information content (AvgIpc) is 3.34. The maximum Gasteiger partial charge on any atom is 0.260 e. The molecule has 0 bridgehead atoms. The van der Waals surface area contributed by atoms with E-state index < -0.39 is 0 Å². The Balaban J connectivity index is 1.39. The molecule has 2 aromatic heterocycles. The molecule has 176 valence electrons. The zero-order chi connectivity index (χ0) is 23.9. The number of para-hydroxylation sites is 1. The van der Waals surface area contributed by atoms with Crippen LogP contribution in [0.2, 0.25) is 5.02 Å². The number of amides is 1. The van der Waals surface area contributed by atoms with Crippen LogP contribution in [-0.2, 0) is 11.8 Å². The maximum absolute atomic E-state index is 13.9. The molecular weight excluding hydrogens is 456 g/mol. The number of piperidine rings is 1. The first kappa shape index (κ1) is 22.1. The minimum atomic E-state index is 0.0192. The van der Waals surface area contributed by atoms with E-state index in [1.807, 2.05) is 66.8 Å². The Kier molecular flexibility index (Phi) is 5.67. The Bertz CT molecular complexity index is 1440. The summed E-state index contributed by atoms with van der Waals surface area (Å²) >= 11 is 6.41. The fraction of sp³-hybridized carbons (Fsp3) is 0.241. The molecule has 0 radical (unpaired) electrons. The molecular formula is C29H27ClN4O. The standard InChI is InChI=1S/C29H27ClN4O/c1-32-18-21(23-8-2-3-10-27(23)32)15-25-24-12-11-22(30)16-28(24)34(29(25)35)19-33-14-5-4-9-26(33)20-7-6-13-31-17-20/h2-3,6-8,10-13,15-18,26H,4-5,9,14,19H2,1H3/b25-15-. The molecule has 1 amide bonds. The van der Waals surface area contributed by atoms with E-state index in [9.17, 15) is 4.79 Å². The van der Waals surface area contributed by atoms with Gasteiger partial charge in [0, 0.05) is 70.9 Å². The van der Waals surface area contributed by atoms with E-state index in [0.717, 1.165) is 47.1 Å². The number of halogens is 1. The van der Waals surface area contributed by atoms with Crippen molar-refractivity contribution in [2.75, 3.05) is 18.1 Å². The highest BCUT2D eigenvalue weighted by molar-refractivity contribution is 6.37. The van der Waals surface area contributed by atoms with Gasteiger partial charge in [-0.05, 0) is 48.7 Å². The number of carbonyl (C=O) groups excluding carboxylic acids is 1. The molecule has 1 saturated heterocycles. The predicted molar refractivity (Wildman–Crippen MR) is 142 cm³/mol. The van der Waals surface area contributed by atoms with Crippen LogP contribution in [0.3, 0.4) is 0 Å². The largest absolute Gasteiger partial charge is 0.350 e. The summed E-state index contributed by atoms with van der Waals surface area (Å²) in [5.74, 6) is 0.0192. The lowest BCUT2D eigenvalue weighted by atomic mass is 9.97. The fourth-order valence-corrected chi connectivity index (χ4v) is 5.71. The van der Waals surface area contributed by atoms with E-state index in [2.05, 4.69) is 38.8 Å². The lowest BCUT2D eigenvalue weighted by molar-refractivity contribution is -0.113. The van der Waals surface area contributed by atoms with E-state index in [-0.39, 0.29) is 11.9 Å². The van der Waals surface area contributed by atoms with Crippen molar-refractivity contribution in [3.8, 4) is 0 Å². The maximum atomic E-state index is 13.9. The molecule has 0 aliphatic carbocycles. The normalized spacial score (nSPS) is 19.6. The van der Waals surface area contributed by atoms with Crippen molar-refractivity contribution in [1.82, 2.24) is 14.5 Å². The first-order valence-electron chi connectivity index (χ1n) is 12.1. The van der Waals surface area contributed by atoms with Gasteiger partial charge in [-0.25, -0.2) is 0 Å². The molecule has 6 rings (SSSR count). The van der Waals surface area contributed by atoms with Crippen LogP contribution in [0.25, 0.3) is 22.6 Å². The van der Waals surface area contributed by atoms with E-state index in [4.69, 9.17) is 11.6 Å². The third-order valence-corrected chi connectivity index (χ3v) is 7.48. The summed E-state index contributed by atoms with van der Waals surface area (Å²) in [6.07, 6.45) is 11.3. The first-order valence-corrected chi connectivity index (χ1v) is 12.5. The smallest absolute Gasteiger partial charge is 0.260 e. The van der Waals surface area contributed by atoms with Crippen molar-refractivity contribution in [1.29, 1.82) is 0 Å². The summed E-state index contributed by atoms with van der Waals surface area (Å²) < 4.78 is 2.11. The Labute approximate surface area is 210 Å². The minimum Gasteiger partial charge on any atom is -0.350 e. The summed E-state index contributed by atoms with van der Waals surface area (Å²) in [5.41, 5.74) is 5.91. The Morgan fingerprint density at radius 1 is 1.11 bits per heavy atom. The van der Waals surface area contributed by atoms with Crippen molar-refractivity contribution >= 4 is 45.7 Å². The van der Waals surface area contributed by atoms with E-state index in [0.29, 0.717) is 17.3 Å². The fourth-order valence-electron chi connectivity index (χ4n) is 5.54. The van der Waals surface area contributed by atoms with Gasteiger partial charge >= 0.3 is 0 Å². The lowest BCUT2D eigenvalue weighted by Gasteiger charge is -2.38. The van der Waals surface area contributed by atoms with Gasteiger partial charge in [0.05, 0.1) is 12.4 Å². The van der Waals surface area contributed by atoms with Gasteiger partial charge in [0.2, 0.25) is 0 Å². The summed E-state index contributed by atoms with van der Waals surface area (Å²) in [4.78, 5) is 22.5. The van der Waals surface area contributed by atoms with Crippen molar-refractivity contribution in [2.45, 2.75) is 25.3 Å². The zero-order valence-electron chi connectivity index (χ0n) is 19.7. The number of hydrogen-bond donors (Lipinski definition) is 0. The van der Waals surface area contributed by atoms with Crippen LogP contribution < -0.4 is 4.90 Å². The SMILES string of the molecule is Cn1cc(/C=C2\C(=O)N(CN3CCCCC3c3cccnc3)c3cc(Cl)ccc32)c2ccccc21. The number of rotatable bonds is 4. The van der Waals surface area contributed by atoms with Crippen LogP contribution in [0, 0.1) is 0 Å². The van der Waals surface area contributed by atoms with Gasteiger partial charge in [-0.1, -0.05) is 48.4 Å². The number of carbonyl (C=O) groups is 1. The van der Waals surface area contributed by atoms with Gasteiger partial charge in [0.25, 0.3) is 5.91 Å². The second-order valence-corrected chi connectivity index (χ2v) is 9.85. The van der Waals surface area contributed by atoms with E-state index in [1.165, 1.54) is 12.0 Å².